The zero-order chi connectivity index (χ0) is 19.4. The highest BCUT2D eigenvalue weighted by Crippen LogP contribution is 2.36. The third kappa shape index (κ3) is 5.29. The van der Waals surface area contributed by atoms with Gasteiger partial charge in [-0.2, -0.15) is 13.2 Å². The SMILES string of the molecule is CC(C)[C@@H](CP(c1ccccc1)c1ccccc1)NS(=O)(=O)C(F)(F)F. The van der Waals surface area contributed by atoms with Gasteiger partial charge in [0.2, 0.25) is 0 Å². The van der Waals surface area contributed by atoms with E-state index < -0.39 is 29.5 Å². The zero-order valence-electron chi connectivity index (χ0n) is 14.4. The molecule has 0 amide bonds. The van der Waals surface area contributed by atoms with Gasteiger partial charge >= 0.3 is 15.5 Å². The van der Waals surface area contributed by atoms with Gasteiger partial charge in [0.05, 0.1) is 0 Å². The predicted molar refractivity (Wildman–Crippen MR) is 101 cm³/mol. The minimum Gasteiger partial charge on any atom is -0.204 e. The Morgan fingerprint density at radius 3 is 1.69 bits per heavy atom. The van der Waals surface area contributed by atoms with Crippen LogP contribution in [0.2, 0.25) is 0 Å². The van der Waals surface area contributed by atoms with Crippen molar-refractivity contribution in [3.05, 3.63) is 60.7 Å². The molecular weight excluding hydrogens is 382 g/mol. The summed E-state index contributed by atoms with van der Waals surface area (Å²) in [4.78, 5) is 0. The third-order valence-corrected chi connectivity index (χ3v) is 7.75. The summed E-state index contributed by atoms with van der Waals surface area (Å²) in [5.41, 5.74) is -5.32. The lowest BCUT2D eigenvalue weighted by Gasteiger charge is -2.28. The van der Waals surface area contributed by atoms with E-state index in [1.54, 1.807) is 13.8 Å². The van der Waals surface area contributed by atoms with Crippen LogP contribution in [0.15, 0.2) is 60.7 Å². The molecule has 0 aliphatic carbocycles. The van der Waals surface area contributed by atoms with E-state index in [1.807, 2.05) is 65.4 Å². The standard InChI is InChI=1S/C18H21F3NO2PS/c1-14(2)17(22-26(23,24)18(19,20)21)13-25(15-9-5-3-6-10-15)16-11-7-4-8-12-16/h3-12,14,17,22H,13H2,1-2H3/t17-/m1/s1. The quantitative estimate of drug-likeness (QED) is 0.719. The molecule has 0 bridgehead atoms. The lowest BCUT2D eigenvalue weighted by molar-refractivity contribution is -0.0451. The second kappa shape index (κ2) is 8.51. The van der Waals surface area contributed by atoms with Gasteiger partial charge in [-0.05, 0) is 30.6 Å². The van der Waals surface area contributed by atoms with Crippen molar-refractivity contribution in [3.8, 4) is 0 Å². The summed E-state index contributed by atoms with van der Waals surface area (Å²) in [6.07, 6.45) is 0.288. The number of hydrogen-bond acceptors (Lipinski definition) is 2. The summed E-state index contributed by atoms with van der Waals surface area (Å²) < 4.78 is 63.4. The highest BCUT2D eigenvalue weighted by atomic mass is 32.2. The first-order valence-corrected chi connectivity index (χ1v) is 11.1. The molecule has 2 rings (SSSR count). The Balaban J connectivity index is 2.36. The second-order valence-electron chi connectivity index (χ2n) is 6.20. The van der Waals surface area contributed by atoms with E-state index in [0.29, 0.717) is 0 Å². The number of alkyl halides is 3. The Labute approximate surface area is 153 Å². The number of hydrogen-bond donors (Lipinski definition) is 1. The lowest BCUT2D eigenvalue weighted by atomic mass is 10.1. The summed E-state index contributed by atoms with van der Waals surface area (Å²) in [6.45, 7) is 3.43. The summed E-state index contributed by atoms with van der Waals surface area (Å²) >= 11 is 0. The number of nitrogens with one attached hydrogen (secondary N) is 1. The minimum atomic E-state index is -5.39. The number of sulfonamides is 1. The van der Waals surface area contributed by atoms with Crippen LogP contribution in [-0.4, -0.2) is 26.1 Å². The minimum absolute atomic E-state index is 0.287. The van der Waals surface area contributed by atoms with Crippen molar-refractivity contribution in [2.45, 2.75) is 25.4 Å². The summed E-state index contributed by atoms with van der Waals surface area (Å²) in [6, 6.07) is 18.1. The van der Waals surface area contributed by atoms with E-state index in [1.165, 1.54) is 0 Å². The average molecular weight is 403 g/mol. The van der Waals surface area contributed by atoms with Crippen molar-refractivity contribution in [1.82, 2.24) is 4.72 Å². The number of halogens is 3. The van der Waals surface area contributed by atoms with Crippen LogP contribution < -0.4 is 15.3 Å². The fraction of sp³-hybridized carbons (Fsp3) is 0.333. The molecule has 3 nitrogen and oxygen atoms in total. The summed E-state index contributed by atoms with van der Waals surface area (Å²) in [5.74, 6) is -0.287. The van der Waals surface area contributed by atoms with Crippen LogP contribution in [0.3, 0.4) is 0 Å². The maximum absolute atomic E-state index is 12.8. The molecule has 0 saturated carbocycles. The fourth-order valence-corrected chi connectivity index (χ4v) is 6.12. The van der Waals surface area contributed by atoms with Crippen LogP contribution in [0.4, 0.5) is 13.2 Å². The smallest absolute Gasteiger partial charge is 0.204 e. The summed E-state index contributed by atoms with van der Waals surface area (Å²) in [5, 5.41) is 1.98. The molecule has 1 atom stereocenters. The first-order valence-electron chi connectivity index (χ1n) is 8.08. The molecule has 0 saturated heterocycles. The Bertz CT molecular complexity index is 757. The van der Waals surface area contributed by atoms with E-state index in [9.17, 15) is 21.6 Å². The molecule has 2 aromatic rings. The van der Waals surface area contributed by atoms with Crippen molar-refractivity contribution in [3.63, 3.8) is 0 Å². The molecule has 0 unspecified atom stereocenters. The van der Waals surface area contributed by atoms with E-state index in [4.69, 9.17) is 0 Å². The van der Waals surface area contributed by atoms with Gasteiger partial charge in [-0.1, -0.05) is 74.5 Å². The van der Waals surface area contributed by atoms with Gasteiger partial charge in [0.25, 0.3) is 0 Å². The molecule has 8 heteroatoms. The van der Waals surface area contributed by atoms with Crippen molar-refractivity contribution in [1.29, 1.82) is 0 Å². The molecule has 26 heavy (non-hydrogen) atoms. The zero-order valence-corrected chi connectivity index (χ0v) is 16.2. The maximum atomic E-state index is 12.8. The van der Waals surface area contributed by atoms with Crippen LogP contribution in [-0.2, 0) is 10.0 Å². The van der Waals surface area contributed by atoms with E-state index in [-0.39, 0.29) is 12.1 Å². The first kappa shape index (κ1) is 20.9. The molecular formula is C18H21F3NO2PS. The number of benzene rings is 2. The van der Waals surface area contributed by atoms with Crippen LogP contribution in [0.5, 0.6) is 0 Å². The Kier molecular flexibility index (Phi) is 6.83. The van der Waals surface area contributed by atoms with Crippen LogP contribution in [0, 0.1) is 5.92 Å². The third-order valence-electron chi connectivity index (χ3n) is 3.93. The molecule has 0 heterocycles. The monoisotopic (exact) mass is 403 g/mol. The molecule has 0 radical (unpaired) electrons. The largest absolute Gasteiger partial charge is 0.511 e. The van der Waals surface area contributed by atoms with Gasteiger partial charge < -0.3 is 0 Å². The topological polar surface area (TPSA) is 46.2 Å². The van der Waals surface area contributed by atoms with Crippen LogP contribution in [0.1, 0.15) is 13.8 Å². The predicted octanol–water partition coefficient (Wildman–Crippen LogP) is 3.58. The average Bonchev–Trinajstić information content (AvgIpc) is 2.58. The van der Waals surface area contributed by atoms with Crippen molar-refractivity contribution >= 4 is 28.6 Å². The molecule has 0 aromatic heterocycles. The maximum Gasteiger partial charge on any atom is 0.511 e. The summed E-state index contributed by atoms with van der Waals surface area (Å²) in [7, 11) is -6.40. The highest BCUT2D eigenvalue weighted by Gasteiger charge is 2.47. The van der Waals surface area contributed by atoms with Crippen LogP contribution in [0.25, 0.3) is 0 Å². The van der Waals surface area contributed by atoms with E-state index in [2.05, 4.69) is 0 Å². The van der Waals surface area contributed by atoms with Crippen molar-refractivity contribution in [2.75, 3.05) is 6.16 Å². The highest BCUT2D eigenvalue weighted by molar-refractivity contribution is 7.90. The lowest BCUT2D eigenvalue weighted by Crippen LogP contribution is -2.47. The van der Waals surface area contributed by atoms with E-state index >= 15 is 0 Å². The molecule has 142 valence electrons. The molecule has 0 fully saturated rings. The van der Waals surface area contributed by atoms with Gasteiger partial charge in [-0.15, -0.1) is 0 Å². The van der Waals surface area contributed by atoms with Crippen molar-refractivity contribution in [2.24, 2.45) is 5.92 Å². The fourth-order valence-electron chi connectivity index (χ4n) is 2.42. The number of rotatable bonds is 7. The van der Waals surface area contributed by atoms with Gasteiger partial charge in [0.1, 0.15) is 0 Å². The van der Waals surface area contributed by atoms with E-state index in [0.717, 1.165) is 10.6 Å². The normalized spacial score (nSPS) is 14.0. The van der Waals surface area contributed by atoms with Gasteiger partial charge in [-0.25, -0.2) is 13.1 Å². The Morgan fingerprint density at radius 1 is 0.923 bits per heavy atom. The van der Waals surface area contributed by atoms with Gasteiger partial charge in [0.15, 0.2) is 0 Å². The molecule has 0 aliphatic heterocycles. The van der Waals surface area contributed by atoms with Crippen LogP contribution >= 0.6 is 7.92 Å². The molecule has 0 aliphatic rings. The molecule has 2 aromatic carbocycles. The van der Waals surface area contributed by atoms with Crippen molar-refractivity contribution < 1.29 is 21.6 Å². The first-order chi connectivity index (χ1) is 12.1. The molecule has 0 spiro atoms. The Morgan fingerprint density at radius 2 is 1.35 bits per heavy atom. The second-order valence-corrected chi connectivity index (χ2v) is 10.2. The Hall–Kier alpha value is -1.43. The molecule has 1 N–H and O–H groups in total. The van der Waals surface area contributed by atoms with Gasteiger partial charge in [0, 0.05) is 6.04 Å². The van der Waals surface area contributed by atoms with Gasteiger partial charge in [-0.3, -0.25) is 0 Å².